The van der Waals surface area contributed by atoms with E-state index in [0.717, 1.165) is 26.7 Å². The number of halogens is 2. The van der Waals surface area contributed by atoms with Crippen molar-refractivity contribution in [3.63, 3.8) is 0 Å². The second kappa shape index (κ2) is 4.89. The molecule has 0 radical (unpaired) electrons. The predicted octanol–water partition coefficient (Wildman–Crippen LogP) is 4.93. The Balaban J connectivity index is 1.96. The molecule has 0 aliphatic rings. The van der Waals surface area contributed by atoms with E-state index in [-0.39, 0.29) is 0 Å². The van der Waals surface area contributed by atoms with Crippen LogP contribution in [0.15, 0.2) is 36.4 Å². The molecule has 1 heterocycles. The number of nitrogen functional groups attached to an aromatic ring is 1. The van der Waals surface area contributed by atoms with Crippen LogP contribution in [-0.2, 0) is 0 Å². The Hall–Kier alpha value is -1.49. The van der Waals surface area contributed by atoms with Gasteiger partial charge in [0.05, 0.1) is 10.2 Å². The van der Waals surface area contributed by atoms with Crippen molar-refractivity contribution in [1.82, 2.24) is 4.98 Å². The molecule has 0 fully saturated rings. The van der Waals surface area contributed by atoms with Gasteiger partial charge in [0.25, 0.3) is 0 Å². The molecule has 0 unspecified atom stereocenters. The van der Waals surface area contributed by atoms with Gasteiger partial charge in [-0.05, 0) is 36.4 Å². The Kier molecular flexibility index (Phi) is 3.22. The second-order valence-electron chi connectivity index (χ2n) is 4.03. The predicted molar refractivity (Wildman–Crippen MR) is 83.8 cm³/mol. The summed E-state index contributed by atoms with van der Waals surface area (Å²) in [5.41, 5.74) is 8.20. The van der Waals surface area contributed by atoms with Crippen LogP contribution < -0.4 is 11.1 Å². The van der Waals surface area contributed by atoms with Gasteiger partial charge in [-0.3, -0.25) is 0 Å². The van der Waals surface area contributed by atoms with E-state index in [4.69, 9.17) is 28.9 Å². The molecule has 2 aromatic carbocycles. The maximum atomic E-state index is 5.96. The van der Waals surface area contributed by atoms with Crippen LogP contribution in [0, 0.1) is 0 Å². The van der Waals surface area contributed by atoms with E-state index < -0.39 is 0 Å². The van der Waals surface area contributed by atoms with E-state index in [0.29, 0.717) is 10.0 Å². The molecule has 0 amide bonds. The van der Waals surface area contributed by atoms with Crippen LogP contribution in [-0.4, -0.2) is 4.98 Å². The lowest BCUT2D eigenvalue weighted by Gasteiger charge is -2.03. The van der Waals surface area contributed by atoms with E-state index in [9.17, 15) is 0 Å². The molecule has 0 atom stereocenters. The number of aromatic nitrogens is 1. The minimum Gasteiger partial charge on any atom is -0.399 e. The van der Waals surface area contributed by atoms with Gasteiger partial charge in [0.1, 0.15) is 0 Å². The number of hydrogen-bond donors (Lipinski definition) is 2. The third kappa shape index (κ3) is 2.76. The lowest BCUT2D eigenvalue weighted by atomic mass is 10.3. The third-order valence-electron chi connectivity index (χ3n) is 2.53. The van der Waals surface area contributed by atoms with Crippen molar-refractivity contribution in [2.24, 2.45) is 0 Å². The first-order valence-corrected chi connectivity index (χ1v) is 7.06. The first-order chi connectivity index (χ1) is 9.10. The van der Waals surface area contributed by atoms with Crippen LogP contribution in [0.25, 0.3) is 10.2 Å². The number of hydrogen-bond acceptors (Lipinski definition) is 4. The number of benzene rings is 2. The number of anilines is 3. The molecule has 96 valence electrons. The highest BCUT2D eigenvalue weighted by atomic mass is 35.5. The molecule has 3 nitrogen and oxygen atoms in total. The fourth-order valence-electron chi connectivity index (χ4n) is 1.74. The number of thiazole rings is 1. The quantitative estimate of drug-likeness (QED) is 0.660. The van der Waals surface area contributed by atoms with Gasteiger partial charge in [-0.25, -0.2) is 4.98 Å². The van der Waals surface area contributed by atoms with Crippen LogP contribution in [0.4, 0.5) is 16.5 Å². The molecule has 0 aliphatic carbocycles. The van der Waals surface area contributed by atoms with Gasteiger partial charge >= 0.3 is 0 Å². The average Bonchev–Trinajstić information content (AvgIpc) is 2.68. The summed E-state index contributed by atoms with van der Waals surface area (Å²) in [4.78, 5) is 4.47. The van der Waals surface area contributed by atoms with Crippen molar-refractivity contribution >= 4 is 61.3 Å². The van der Waals surface area contributed by atoms with Crippen molar-refractivity contribution in [3.05, 3.63) is 46.4 Å². The van der Waals surface area contributed by atoms with Gasteiger partial charge in [0, 0.05) is 21.4 Å². The average molecular weight is 310 g/mol. The van der Waals surface area contributed by atoms with Crippen LogP contribution in [0.1, 0.15) is 0 Å². The maximum absolute atomic E-state index is 5.96. The second-order valence-corrected chi connectivity index (χ2v) is 5.93. The summed E-state index contributed by atoms with van der Waals surface area (Å²) < 4.78 is 1.04. The fourth-order valence-corrected chi connectivity index (χ4v) is 3.20. The Bertz CT molecular complexity index is 734. The summed E-state index contributed by atoms with van der Waals surface area (Å²) >= 11 is 13.4. The van der Waals surface area contributed by atoms with Crippen molar-refractivity contribution in [3.8, 4) is 0 Å². The molecule has 0 saturated heterocycles. The van der Waals surface area contributed by atoms with Crippen LogP contribution in [0.3, 0.4) is 0 Å². The van der Waals surface area contributed by atoms with Gasteiger partial charge < -0.3 is 11.1 Å². The Labute approximate surface area is 124 Å². The first-order valence-electron chi connectivity index (χ1n) is 5.49. The number of nitrogens with two attached hydrogens (primary N) is 1. The van der Waals surface area contributed by atoms with Gasteiger partial charge in [0.15, 0.2) is 5.13 Å². The highest BCUT2D eigenvalue weighted by molar-refractivity contribution is 7.22. The molecule has 0 bridgehead atoms. The van der Waals surface area contributed by atoms with Crippen molar-refractivity contribution in [2.45, 2.75) is 0 Å². The topological polar surface area (TPSA) is 50.9 Å². The Morgan fingerprint density at radius 3 is 2.53 bits per heavy atom. The largest absolute Gasteiger partial charge is 0.399 e. The summed E-state index contributed by atoms with van der Waals surface area (Å²) in [7, 11) is 0. The number of rotatable bonds is 2. The zero-order valence-corrected chi connectivity index (χ0v) is 12.0. The third-order valence-corrected chi connectivity index (χ3v) is 3.90. The van der Waals surface area contributed by atoms with Crippen LogP contribution in [0.2, 0.25) is 10.0 Å². The molecule has 1 aromatic heterocycles. The van der Waals surface area contributed by atoms with Gasteiger partial charge in [-0.1, -0.05) is 34.5 Å². The number of nitrogens with zero attached hydrogens (tertiary/aromatic N) is 1. The first kappa shape index (κ1) is 12.5. The minimum atomic E-state index is 0.584. The maximum Gasteiger partial charge on any atom is 0.188 e. The van der Waals surface area contributed by atoms with Crippen molar-refractivity contribution in [2.75, 3.05) is 11.1 Å². The molecule has 6 heteroatoms. The molecule has 3 N–H and O–H groups in total. The van der Waals surface area contributed by atoms with E-state index in [1.165, 1.54) is 11.3 Å². The normalized spacial score (nSPS) is 10.8. The summed E-state index contributed by atoms with van der Waals surface area (Å²) in [5, 5.41) is 5.14. The van der Waals surface area contributed by atoms with E-state index >= 15 is 0 Å². The van der Waals surface area contributed by atoms with Gasteiger partial charge in [-0.2, -0.15) is 0 Å². The molecule has 0 spiro atoms. The molecule has 0 aliphatic heterocycles. The number of fused-ring (bicyclic) bond motifs is 1. The summed E-state index contributed by atoms with van der Waals surface area (Å²) in [6, 6.07) is 10.9. The zero-order valence-electron chi connectivity index (χ0n) is 9.65. The smallest absolute Gasteiger partial charge is 0.188 e. The molecular weight excluding hydrogens is 301 g/mol. The van der Waals surface area contributed by atoms with Crippen LogP contribution in [0.5, 0.6) is 0 Å². The van der Waals surface area contributed by atoms with E-state index in [1.54, 1.807) is 18.2 Å². The monoisotopic (exact) mass is 309 g/mol. The van der Waals surface area contributed by atoms with Gasteiger partial charge in [0.2, 0.25) is 0 Å². The molecule has 3 aromatic rings. The van der Waals surface area contributed by atoms with Crippen molar-refractivity contribution < 1.29 is 0 Å². The van der Waals surface area contributed by atoms with Gasteiger partial charge in [-0.15, -0.1) is 0 Å². The Morgan fingerprint density at radius 2 is 1.79 bits per heavy atom. The molecule has 0 saturated carbocycles. The highest BCUT2D eigenvalue weighted by Crippen LogP contribution is 2.31. The Morgan fingerprint density at radius 1 is 1.05 bits per heavy atom. The fraction of sp³-hybridized carbons (Fsp3) is 0. The summed E-state index contributed by atoms with van der Waals surface area (Å²) in [6.45, 7) is 0. The van der Waals surface area contributed by atoms with E-state index in [1.807, 2.05) is 18.2 Å². The SMILES string of the molecule is Nc1ccc2nc(Nc3cc(Cl)cc(Cl)c3)sc2c1. The lowest BCUT2D eigenvalue weighted by molar-refractivity contribution is 1.44. The summed E-state index contributed by atoms with van der Waals surface area (Å²) in [6.07, 6.45) is 0. The lowest BCUT2D eigenvalue weighted by Crippen LogP contribution is -1.88. The molecule has 3 rings (SSSR count). The molecule has 19 heavy (non-hydrogen) atoms. The van der Waals surface area contributed by atoms with Crippen LogP contribution >= 0.6 is 34.5 Å². The minimum absolute atomic E-state index is 0.584. The standard InChI is InChI=1S/C13H9Cl2N3S/c14-7-3-8(15)5-10(4-7)17-13-18-11-2-1-9(16)6-12(11)19-13/h1-6H,16H2,(H,17,18). The van der Waals surface area contributed by atoms with E-state index in [2.05, 4.69) is 10.3 Å². The summed E-state index contributed by atoms with van der Waals surface area (Å²) in [5.74, 6) is 0. The number of nitrogens with one attached hydrogen (secondary N) is 1. The zero-order chi connectivity index (χ0) is 13.4. The van der Waals surface area contributed by atoms with Crippen molar-refractivity contribution in [1.29, 1.82) is 0 Å². The molecular formula is C13H9Cl2N3S. The highest BCUT2D eigenvalue weighted by Gasteiger charge is 2.05.